The van der Waals surface area contributed by atoms with Gasteiger partial charge in [-0.1, -0.05) is 11.6 Å². The van der Waals surface area contributed by atoms with Crippen LogP contribution in [0.3, 0.4) is 0 Å². The molecule has 0 spiro atoms. The molecule has 96 valence electrons. The van der Waals surface area contributed by atoms with E-state index in [1.807, 2.05) is 6.07 Å². The number of hydrogen-bond donors (Lipinski definition) is 1. The van der Waals surface area contributed by atoms with Crippen molar-refractivity contribution in [2.45, 2.75) is 0 Å². The van der Waals surface area contributed by atoms with E-state index in [1.54, 1.807) is 35.1 Å². The van der Waals surface area contributed by atoms with Crippen LogP contribution in [-0.2, 0) is 0 Å². The van der Waals surface area contributed by atoms with E-state index >= 15 is 0 Å². The Morgan fingerprint density at radius 3 is 2.79 bits per heavy atom. The highest BCUT2D eigenvalue weighted by molar-refractivity contribution is 14.1. The van der Waals surface area contributed by atoms with E-state index in [1.165, 1.54) is 18.3 Å². The predicted molar refractivity (Wildman–Crippen MR) is 78.3 cm³/mol. The van der Waals surface area contributed by atoms with Gasteiger partial charge < -0.3 is 8.38 Å². The van der Waals surface area contributed by atoms with Gasteiger partial charge in [0.1, 0.15) is 0 Å². The van der Waals surface area contributed by atoms with Gasteiger partial charge >= 0.3 is 0 Å². The van der Waals surface area contributed by atoms with Gasteiger partial charge in [-0.05, 0) is 24.3 Å². The molecular weight excluding hydrogens is 384 g/mol. The number of benzene rings is 1. The quantitative estimate of drug-likeness (QED) is 0.799. The van der Waals surface area contributed by atoms with E-state index in [0.717, 1.165) is 0 Å². The summed E-state index contributed by atoms with van der Waals surface area (Å²) in [5, 5.41) is 11.9. The summed E-state index contributed by atoms with van der Waals surface area (Å²) in [5.74, 6) is -0.729. The molecule has 0 unspecified atom stereocenters. The van der Waals surface area contributed by atoms with Gasteiger partial charge in [0, 0.05) is 6.20 Å². The van der Waals surface area contributed by atoms with E-state index in [4.69, 9.17) is 19.9 Å². The summed E-state index contributed by atoms with van der Waals surface area (Å²) in [5.41, 5.74) is 1.11. The van der Waals surface area contributed by atoms with Crippen molar-refractivity contribution in [3.63, 3.8) is 0 Å². The Bertz CT molecular complexity index is 660. The molecule has 2 rings (SSSR count). The molecule has 7 heteroatoms. The Labute approximate surface area is 127 Å². The van der Waals surface area contributed by atoms with Crippen molar-refractivity contribution < 1.29 is 7.46 Å². The zero-order valence-corrected chi connectivity index (χ0v) is 12.2. The largest absolute Gasteiger partial charge is 0.405 e. The summed E-state index contributed by atoms with van der Waals surface area (Å²) < 4.78 is 18.6. The molecule has 1 aromatic heterocycles. The number of aromatic nitrogens is 1. The Hall–Kier alpha value is -1.59. The molecule has 0 saturated heterocycles. The number of pyridine rings is 1. The fourth-order valence-electron chi connectivity index (χ4n) is 1.41. The van der Waals surface area contributed by atoms with Gasteiger partial charge in [-0.15, -0.1) is 0 Å². The van der Waals surface area contributed by atoms with Crippen LogP contribution in [0.15, 0.2) is 30.5 Å². The third-order valence-corrected chi connectivity index (χ3v) is 3.03. The van der Waals surface area contributed by atoms with Crippen molar-refractivity contribution in [2.75, 3.05) is 5.32 Å². The topological polar surface area (TPSA) is 57.9 Å². The molecule has 0 amide bonds. The van der Waals surface area contributed by atoms with Gasteiger partial charge in [0.15, 0.2) is 23.0 Å². The van der Waals surface area contributed by atoms with Crippen LogP contribution in [0.4, 0.5) is 15.8 Å². The van der Waals surface area contributed by atoms with Crippen molar-refractivity contribution in [1.29, 1.82) is 5.26 Å². The van der Waals surface area contributed by atoms with Crippen LogP contribution in [0.25, 0.3) is 0 Å². The molecule has 0 aliphatic heterocycles. The third-order valence-electron chi connectivity index (χ3n) is 2.30. The number of rotatable bonds is 3. The van der Waals surface area contributed by atoms with Crippen molar-refractivity contribution in [3.8, 4) is 11.9 Å². The van der Waals surface area contributed by atoms with E-state index in [0.29, 0.717) is 16.3 Å². The Morgan fingerprint density at radius 1 is 1.37 bits per heavy atom. The molecule has 0 bridgehead atoms. The highest BCUT2D eigenvalue weighted by Crippen LogP contribution is 2.30. The maximum Gasteiger partial charge on any atom is 0.262 e. The molecule has 2 aromatic rings. The summed E-state index contributed by atoms with van der Waals surface area (Å²) >= 11 is 7.55. The number of anilines is 2. The summed E-state index contributed by atoms with van der Waals surface area (Å²) in [6.07, 6.45) is 1.41. The number of nitrogens with zero attached hydrogens (tertiary/aromatic N) is 2. The zero-order chi connectivity index (χ0) is 13.8. The Kier molecular flexibility index (Phi) is 4.39. The first-order valence-corrected chi connectivity index (χ1v) is 6.31. The molecule has 0 radical (unpaired) electrons. The van der Waals surface area contributed by atoms with E-state index in [9.17, 15) is 4.39 Å². The summed E-state index contributed by atoms with van der Waals surface area (Å²) in [7, 11) is 0. The van der Waals surface area contributed by atoms with Crippen LogP contribution in [0.1, 0.15) is 5.56 Å². The first-order chi connectivity index (χ1) is 9.15. The minimum atomic E-state index is -0.614. The second kappa shape index (κ2) is 6.04. The van der Waals surface area contributed by atoms with Gasteiger partial charge in [-0.25, -0.2) is 4.98 Å². The van der Waals surface area contributed by atoms with E-state index < -0.39 is 5.82 Å². The smallest absolute Gasteiger partial charge is 0.262 e. The number of hydrogen-bond acceptors (Lipinski definition) is 4. The van der Waals surface area contributed by atoms with Crippen molar-refractivity contribution in [3.05, 3.63) is 46.9 Å². The Balaban J connectivity index is 2.34. The molecule has 4 nitrogen and oxygen atoms in total. The van der Waals surface area contributed by atoms with Crippen molar-refractivity contribution >= 4 is 46.0 Å². The van der Waals surface area contributed by atoms with E-state index in [-0.39, 0.29) is 11.6 Å². The van der Waals surface area contributed by atoms with Gasteiger partial charge in [0.05, 0.1) is 28.0 Å². The number of nitrogens with one attached hydrogen (secondary N) is 1. The molecule has 1 aromatic carbocycles. The van der Waals surface area contributed by atoms with E-state index in [2.05, 4.69) is 10.3 Å². The van der Waals surface area contributed by atoms with Crippen LogP contribution >= 0.6 is 34.6 Å². The maximum absolute atomic E-state index is 13.9. The molecule has 1 heterocycles. The van der Waals surface area contributed by atoms with Gasteiger partial charge in [-0.3, -0.25) is 0 Å². The monoisotopic (exact) mass is 389 g/mol. The first-order valence-electron chi connectivity index (χ1n) is 5.05. The normalized spacial score (nSPS) is 9.79. The zero-order valence-electron chi connectivity index (χ0n) is 9.32. The predicted octanol–water partition coefficient (Wildman–Crippen LogP) is 4.22. The average molecular weight is 390 g/mol. The molecule has 0 atom stereocenters. The molecule has 0 fully saturated rings. The second-order valence-corrected chi connectivity index (χ2v) is 4.33. The highest BCUT2D eigenvalue weighted by Gasteiger charge is 2.11. The van der Waals surface area contributed by atoms with Gasteiger partial charge in [-0.2, -0.15) is 9.65 Å². The number of halogens is 3. The fraction of sp³-hybridized carbons (Fsp3) is 0. The average Bonchev–Trinajstić information content (AvgIpc) is 2.43. The van der Waals surface area contributed by atoms with Crippen molar-refractivity contribution in [1.82, 2.24) is 4.98 Å². The maximum atomic E-state index is 13.9. The molecular formula is C12H6ClFIN3O. The third kappa shape index (κ3) is 3.05. The molecule has 1 N–H and O–H groups in total. The van der Waals surface area contributed by atoms with Crippen LogP contribution in [0.5, 0.6) is 5.88 Å². The van der Waals surface area contributed by atoms with Crippen LogP contribution < -0.4 is 8.38 Å². The summed E-state index contributed by atoms with van der Waals surface area (Å²) in [6, 6.07) is 8.12. The summed E-state index contributed by atoms with van der Waals surface area (Å²) in [6.45, 7) is 0. The lowest BCUT2D eigenvalue weighted by Gasteiger charge is -2.10. The highest BCUT2D eigenvalue weighted by atomic mass is 127. The van der Waals surface area contributed by atoms with Crippen LogP contribution in [0, 0.1) is 17.1 Å². The number of nitriles is 1. The SMILES string of the molecule is N#Cc1ccc(Nc2ccnc(OI)c2F)c(Cl)c1. The van der Waals surface area contributed by atoms with Gasteiger partial charge in [0.2, 0.25) is 5.82 Å². The molecule has 19 heavy (non-hydrogen) atoms. The second-order valence-electron chi connectivity index (χ2n) is 3.49. The minimum absolute atomic E-state index is 0.115. The standard InChI is InChI=1S/C12H6ClFIN3O/c13-8-5-7(6-16)1-2-9(8)18-10-3-4-17-12(19-15)11(10)14/h1-5H,(H,17,18). The lowest BCUT2D eigenvalue weighted by Crippen LogP contribution is -1.97. The molecule has 0 aliphatic carbocycles. The lowest BCUT2D eigenvalue weighted by atomic mass is 10.2. The summed E-state index contributed by atoms with van der Waals surface area (Å²) in [4.78, 5) is 3.73. The first kappa shape index (κ1) is 13.8. The van der Waals surface area contributed by atoms with Crippen LogP contribution in [-0.4, -0.2) is 4.98 Å². The fourth-order valence-corrected chi connectivity index (χ4v) is 1.94. The van der Waals surface area contributed by atoms with Crippen molar-refractivity contribution in [2.24, 2.45) is 0 Å². The minimum Gasteiger partial charge on any atom is -0.405 e. The van der Waals surface area contributed by atoms with Crippen LogP contribution in [0.2, 0.25) is 5.02 Å². The Morgan fingerprint density at radius 2 is 2.16 bits per heavy atom. The molecule has 0 saturated carbocycles. The van der Waals surface area contributed by atoms with Gasteiger partial charge in [0.25, 0.3) is 5.88 Å². The lowest BCUT2D eigenvalue weighted by molar-refractivity contribution is 0.551. The molecule has 0 aliphatic rings.